The van der Waals surface area contributed by atoms with Crippen molar-refractivity contribution in [3.8, 4) is 17.2 Å². The predicted molar refractivity (Wildman–Crippen MR) is 131 cm³/mol. The number of halogens is 1. The fourth-order valence-electron chi connectivity index (χ4n) is 2.92. The van der Waals surface area contributed by atoms with Crippen LogP contribution >= 0.6 is 11.6 Å². The van der Waals surface area contributed by atoms with Gasteiger partial charge < -0.3 is 14.2 Å². The summed E-state index contributed by atoms with van der Waals surface area (Å²) in [6.07, 6.45) is 2.48. The Bertz CT molecular complexity index is 1080. The fourth-order valence-corrected chi connectivity index (χ4v) is 3.11. The molecule has 0 aromatic heterocycles. The molecule has 0 saturated heterocycles. The van der Waals surface area contributed by atoms with Gasteiger partial charge in [0.15, 0.2) is 11.5 Å². The van der Waals surface area contributed by atoms with Crippen LogP contribution in [0.2, 0.25) is 5.02 Å². The Balaban J connectivity index is 1.61. The maximum atomic E-state index is 12.3. The molecular weight excluding hydrogens is 440 g/mol. The van der Waals surface area contributed by atoms with Crippen molar-refractivity contribution in [1.29, 1.82) is 0 Å². The zero-order chi connectivity index (χ0) is 23.5. The summed E-state index contributed by atoms with van der Waals surface area (Å²) in [6, 6.07) is 19.9. The number of nitrogens with one attached hydrogen (secondary N) is 1. The molecule has 0 spiro atoms. The Morgan fingerprint density at radius 3 is 2.48 bits per heavy atom. The molecule has 0 bridgehead atoms. The Labute approximate surface area is 199 Å². The van der Waals surface area contributed by atoms with Gasteiger partial charge in [0, 0.05) is 16.1 Å². The molecular formula is C26H27ClN2O4. The van der Waals surface area contributed by atoms with Crippen LogP contribution in [-0.4, -0.2) is 25.3 Å². The molecule has 0 aliphatic heterocycles. The van der Waals surface area contributed by atoms with Gasteiger partial charge in [-0.05, 0) is 67.4 Å². The van der Waals surface area contributed by atoms with Crippen molar-refractivity contribution in [2.24, 2.45) is 5.10 Å². The van der Waals surface area contributed by atoms with Gasteiger partial charge in [-0.15, -0.1) is 0 Å². The highest BCUT2D eigenvalue weighted by Crippen LogP contribution is 2.29. The minimum atomic E-state index is -0.307. The maximum absolute atomic E-state index is 12.3. The zero-order valence-corrected chi connectivity index (χ0v) is 19.5. The normalized spacial score (nSPS) is 10.8. The number of carbonyl (C=O) groups excluding carboxylic acids is 1. The van der Waals surface area contributed by atoms with Gasteiger partial charge in [0.1, 0.15) is 12.4 Å². The topological polar surface area (TPSA) is 69.2 Å². The van der Waals surface area contributed by atoms with Gasteiger partial charge in [-0.3, -0.25) is 4.79 Å². The van der Waals surface area contributed by atoms with Gasteiger partial charge in [-0.2, -0.15) is 5.10 Å². The summed E-state index contributed by atoms with van der Waals surface area (Å²) in [5.41, 5.74) is 4.67. The maximum Gasteiger partial charge on any atom is 0.271 e. The number of ether oxygens (including phenoxy) is 3. The summed E-state index contributed by atoms with van der Waals surface area (Å²) >= 11 is 6.20. The van der Waals surface area contributed by atoms with Crippen molar-refractivity contribution in [2.75, 3.05) is 13.2 Å². The number of hydrogen-bond acceptors (Lipinski definition) is 5. The molecule has 1 amide bonds. The summed E-state index contributed by atoms with van der Waals surface area (Å²) in [5.74, 6) is 1.61. The van der Waals surface area contributed by atoms with Crippen LogP contribution in [0.1, 0.15) is 41.8 Å². The lowest BCUT2D eigenvalue weighted by Gasteiger charge is -2.13. The second-order valence-electron chi connectivity index (χ2n) is 7.09. The van der Waals surface area contributed by atoms with E-state index in [0.29, 0.717) is 41.9 Å². The van der Waals surface area contributed by atoms with Crippen LogP contribution in [0.3, 0.4) is 0 Å². The SMILES string of the molecule is CCCOc1ccc(C(=O)N/N=C/c2ccc(OCc3ccccc3Cl)c(OCC)c2)cc1. The van der Waals surface area contributed by atoms with Crippen molar-refractivity contribution in [2.45, 2.75) is 26.9 Å². The number of carbonyl (C=O) groups is 1. The largest absolute Gasteiger partial charge is 0.494 e. The molecule has 0 heterocycles. The predicted octanol–water partition coefficient (Wildman–Crippen LogP) is 5.87. The lowest BCUT2D eigenvalue weighted by Crippen LogP contribution is -2.17. The van der Waals surface area contributed by atoms with Gasteiger partial charge in [0.2, 0.25) is 0 Å². The quantitative estimate of drug-likeness (QED) is 0.283. The van der Waals surface area contributed by atoms with Crippen molar-refractivity contribution >= 4 is 23.7 Å². The summed E-state index contributed by atoms with van der Waals surface area (Å²) in [6.45, 7) is 5.39. The number of amides is 1. The first-order valence-corrected chi connectivity index (χ1v) is 11.2. The van der Waals surface area contributed by atoms with Crippen LogP contribution in [0.25, 0.3) is 0 Å². The van der Waals surface area contributed by atoms with Gasteiger partial charge in [0.25, 0.3) is 5.91 Å². The molecule has 0 aliphatic carbocycles. The third-order valence-corrected chi connectivity index (χ3v) is 4.95. The first-order valence-electron chi connectivity index (χ1n) is 10.8. The van der Waals surface area contributed by atoms with Crippen LogP contribution in [0, 0.1) is 0 Å². The smallest absolute Gasteiger partial charge is 0.271 e. The van der Waals surface area contributed by atoms with Crippen LogP contribution in [0.4, 0.5) is 0 Å². The molecule has 1 N–H and O–H groups in total. The van der Waals surface area contributed by atoms with Crippen molar-refractivity contribution in [1.82, 2.24) is 5.43 Å². The number of nitrogens with zero attached hydrogens (tertiary/aromatic N) is 1. The van der Waals surface area contributed by atoms with Crippen LogP contribution in [-0.2, 0) is 6.61 Å². The lowest BCUT2D eigenvalue weighted by atomic mass is 10.2. The van der Waals surface area contributed by atoms with Gasteiger partial charge >= 0.3 is 0 Å². The van der Waals surface area contributed by atoms with Gasteiger partial charge in [-0.25, -0.2) is 5.43 Å². The van der Waals surface area contributed by atoms with Crippen LogP contribution in [0.15, 0.2) is 71.8 Å². The Hall–Kier alpha value is -3.51. The minimum Gasteiger partial charge on any atom is -0.494 e. The molecule has 3 aromatic rings. The second-order valence-corrected chi connectivity index (χ2v) is 7.50. The molecule has 0 aliphatic rings. The Kier molecular flexibility index (Phi) is 9.15. The van der Waals surface area contributed by atoms with Crippen molar-refractivity contribution < 1.29 is 19.0 Å². The molecule has 7 heteroatoms. The zero-order valence-electron chi connectivity index (χ0n) is 18.7. The molecule has 172 valence electrons. The van der Waals surface area contributed by atoms with E-state index < -0.39 is 0 Å². The van der Waals surface area contributed by atoms with Gasteiger partial charge in [0.05, 0.1) is 19.4 Å². The lowest BCUT2D eigenvalue weighted by molar-refractivity contribution is 0.0955. The molecule has 0 atom stereocenters. The third-order valence-electron chi connectivity index (χ3n) is 4.58. The highest BCUT2D eigenvalue weighted by molar-refractivity contribution is 6.31. The van der Waals surface area contributed by atoms with E-state index in [0.717, 1.165) is 23.3 Å². The number of rotatable bonds is 11. The van der Waals surface area contributed by atoms with Crippen molar-refractivity contribution in [3.63, 3.8) is 0 Å². The third kappa shape index (κ3) is 7.26. The van der Waals surface area contributed by atoms with E-state index in [1.807, 2.05) is 44.2 Å². The summed E-state index contributed by atoms with van der Waals surface area (Å²) in [5, 5.41) is 4.71. The standard InChI is InChI=1S/C26H27ClN2O4/c1-3-15-32-22-12-10-20(11-13-22)26(30)29-28-17-19-9-14-24(25(16-19)31-4-2)33-18-21-7-5-6-8-23(21)27/h5-14,16-17H,3-4,15,18H2,1-2H3,(H,29,30)/b28-17+. The summed E-state index contributed by atoms with van der Waals surface area (Å²) < 4.78 is 17.2. The summed E-state index contributed by atoms with van der Waals surface area (Å²) in [7, 11) is 0. The highest BCUT2D eigenvalue weighted by atomic mass is 35.5. The van der Waals surface area contributed by atoms with Crippen LogP contribution in [0.5, 0.6) is 17.2 Å². The molecule has 0 radical (unpaired) electrons. The Morgan fingerprint density at radius 2 is 1.76 bits per heavy atom. The number of hydrogen-bond donors (Lipinski definition) is 1. The van der Waals surface area contributed by atoms with E-state index in [4.69, 9.17) is 25.8 Å². The highest BCUT2D eigenvalue weighted by Gasteiger charge is 2.08. The fraction of sp³-hybridized carbons (Fsp3) is 0.231. The minimum absolute atomic E-state index is 0.307. The van der Waals surface area contributed by atoms with Gasteiger partial charge in [-0.1, -0.05) is 36.7 Å². The average Bonchev–Trinajstić information content (AvgIpc) is 2.83. The molecule has 33 heavy (non-hydrogen) atoms. The number of hydrazone groups is 1. The summed E-state index contributed by atoms with van der Waals surface area (Å²) in [4.78, 5) is 12.3. The van der Waals surface area contributed by atoms with E-state index in [1.54, 1.807) is 42.6 Å². The molecule has 0 saturated carbocycles. The molecule has 3 rings (SSSR count). The van der Waals surface area contributed by atoms with E-state index >= 15 is 0 Å². The van der Waals surface area contributed by atoms with Crippen molar-refractivity contribution in [3.05, 3.63) is 88.4 Å². The Morgan fingerprint density at radius 1 is 0.970 bits per heavy atom. The van der Waals surface area contributed by atoms with E-state index in [1.165, 1.54) is 0 Å². The van der Waals surface area contributed by atoms with E-state index in [2.05, 4.69) is 10.5 Å². The molecule has 0 unspecified atom stereocenters. The van der Waals surface area contributed by atoms with E-state index in [-0.39, 0.29) is 5.91 Å². The van der Waals surface area contributed by atoms with Crippen LogP contribution < -0.4 is 19.6 Å². The first-order chi connectivity index (χ1) is 16.1. The molecule has 0 fully saturated rings. The monoisotopic (exact) mass is 466 g/mol. The number of benzene rings is 3. The molecule has 3 aromatic carbocycles. The van der Waals surface area contributed by atoms with E-state index in [9.17, 15) is 4.79 Å². The average molecular weight is 467 g/mol. The second kappa shape index (κ2) is 12.5. The molecule has 6 nitrogen and oxygen atoms in total. The first kappa shape index (κ1) is 24.1.